The summed E-state index contributed by atoms with van der Waals surface area (Å²) < 4.78 is 12.7. The highest BCUT2D eigenvalue weighted by Gasteiger charge is 2.35. The van der Waals surface area contributed by atoms with Crippen LogP contribution in [0.3, 0.4) is 0 Å². The van der Waals surface area contributed by atoms with Gasteiger partial charge in [0.05, 0.1) is 30.8 Å². The molecule has 2 amide bonds. The number of amides is 2. The van der Waals surface area contributed by atoms with Crippen LogP contribution < -0.4 is 14.8 Å². The quantitative estimate of drug-likeness (QED) is 0.626. The minimum absolute atomic E-state index is 0.183. The van der Waals surface area contributed by atoms with E-state index in [9.17, 15) is 4.79 Å². The second-order valence-corrected chi connectivity index (χ2v) is 7.83. The van der Waals surface area contributed by atoms with Gasteiger partial charge in [-0.3, -0.25) is 4.98 Å². The molecule has 31 heavy (non-hydrogen) atoms. The van der Waals surface area contributed by atoms with Gasteiger partial charge in [-0.25, -0.2) is 9.78 Å². The molecule has 0 spiro atoms. The van der Waals surface area contributed by atoms with E-state index < -0.39 is 0 Å². The fraction of sp³-hybridized carbons (Fsp3) is 0.318. The second kappa shape index (κ2) is 8.85. The van der Waals surface area contributed by atoms with Crippen LogP contribution in [0.15, 0.2) is 42.9 Å². The van der Waals surface area contributed by atoms with Crippen LogP contribution in [-0.4, -0.2) is 52.8 Å². The zero-order chi connectivity index (χ0) is 22.0. The number of aromatic nitrogens is 3. The monoisotopic (exact) mass is 441 g/mol. The van der Waals surface area contributed by atoms with E-state index >= 15 is 0 Å². The van der Waals surface area contributed by atoms with E-state index in [-0.39, 0.29) is 11.9 Å². The third-order valence-electron chi connectivity index (χ3n) is 5.43. The first-order valence-electron chi connectivity index (χ1n) is 9.88. The number of hydrogen-bond acceptors (Lipinski definition) is 5. The molecule has 162 valence electrons. The van der Waals surface area contributed by atoms with E-state index in [1.165, 1.54) is 14.2 Å². The maximum atomic E-state index is 12.7. The molecule has 1 aromatic carbocycles. The molecule has 0 atom stereocenters. The van der Waals surface area contributed by atoms with Crippen molar-refractivity contribution in [1.82, 2.24) is 19.4 Å². The number of methoxy groups -OCH3 is 2. The number of imidazole rings is 1. The minimum atomic E-state index is -0.209. The Labute approximate surface area is 185 Å². The summed E-state index contributed by atoms with van der Waals surface area (Å²) in [6.45, 7) is 3.95. The van der Waals surface area contributed by atoms with E-state index in [4.69, 9.17) is 21.1 Å². The second-order valence-electron chi connectivity index (χ2n) is 7.42. The van der Waals surface area contributed by atoms with Crippen molar-refractivity contribution in [2.75, 3.05) is 32.6 Å². The Morgan fingerprint density at radius 3 is 2.58 bits per heavy atom. The van der Waals surface area contributed by atoms with Crippen molar-refractivity contribution in [3.05, 3.63) is 65.0 Å². The predicted octanol–water partition coefficient (Wildman–Crippen LogP) is 3.94. The molecule has 1 saturated heterocycles. The van der Waals surface area contributed by atoms with Gasteiger partial charge in [-0.15, -0.1) is 0 Å². The molecular formula is C22H24ClN5O3. The number of pyridine rings is 1. The Morgan fingerprint density at radius 2 is 1.90 bits per heavy atom. The maximum Gasteiger partial charge on any atom is 0.321 e. The molecule has 1 aliphatic rings. The molecule has 2 aromatic heterocycles. The van der Waals surface area contributed by atoms with Crippen LogP contribution in [0.4, 0.5) is 10.5 Å². The zero-order valence-corrected chi connectivity index (χ0v) is 18.4. The first-order chi connectivity index (χ1) is 15.0. The number of carbonyl (C=O) groups excluding carboxylic acids is 1. The summed E-state index contributed by atoms with van der Waals surface area (Å²) in [4.78, 5) is 23.2. The Kier molecular flexibility index (Phi) is 5.99. The molecule has 9 heteroatoms. The van der Waals surface area contributed by atoms with Gasteiger partial charge in [-0.1, -0.05) is 11.6 Å². The average Bonchev–Trinajstić information content (AvgIpc) is 3.08. The number of urea groups is 1. The van der Waals surface area contributed by atoms with Crippen LogP contribution >= 0.6 is 11.6 Å². The largest absolute Gasteiger partial charge is 0.495 e. The molecule has 3 heterocycles. The van der Waals surface area contributed by atoms with Gasteiger partial charge in [-0.05, 0) is 30.7 Å². The van der Waals surface area contributed by atoms with Crippen LogP contribution in [0.1, 0.15) is 23.0 Å². The standard InChI is InChI=1S/C22H24ClN5O3/c1-14-10-25-21(28(14)11-15-4-6-24-7-5-15)16-12-27(13-16)22(29)26-18-8-17(23)19(30-2)9-20(18)31-3/h4-10,16H,11-13H2,1-3H3,(H,26,29). The number of anilines is 1. The third kappa shape index (κ3) is 4.29. The Hall–Kier alpha value is -3.26. The van der Waals surface area contributed by atoms with Crippen LogP contribution in [0.5, 0.6) is 11.5 Å². The van der Waals surface area contributed by atoms with Gasteiger partial charge in [0, 0.05) is 50.0 Å². The van der Waals surface area contributed by atoms with Crippen molar-refractivity contribution in [1.29, 1.82) is 0 Å². The van der Waals surface area contributed by atoms with Gasteiger partial charge in [-0.2, -0.15) is 0 Å². The topological polar surface area (TPSA) is 81.5 Å². The van der Waals surface area contributed by atoms with Crippen molar-refractivity contribution in [2.24, 2.45) is 0 Å². The van der Waals surface area contributed by atoms with Crippen LogP contribution in [0, 0.1) is 6.92 Å². The molecule has 8 nitrogen and oxygen atoms in total. The Balaban J connectivity index is 1.42. The number of ether oxygens (including phenoxy) is 2. The highest BCUT2D eigenvalue weighted by Crippen LogP contribution is 2.36. The van der Waals surface area contributed by atoms with Gasteiger partial charge in [0.1, 0.15) is 17.3 Å². The molecule has 4 rings (SSSR count). The number of halogens is 1. The lowest BCUT2D eigenvalue weighted by atomic mass is 9.99. The van der Waals surface area contributed by atoms with Gasteiger partial charge < -0.3 is 24.3 Å². The third-order valence-corrected chi connectivity index (χ3v) is 5.72. The normalized spacial score (nSPS) is 13.6. The predicted molar refractivity (Wildman–Crippen MR) is 118 cm³/mol. The van der Waals surface area contributed by atoms with Crippen molar-refractivity contribution in [3.63, 3.8) is 0 Å². The molecule has 1 N–H and O–H groups in total. The fourth-order valence-corrected chi connectivity index (χ4v) is 3.88. The lowest BCUT2D eigenvalue weighted by molar-refractivity contribution is 0.159. The van der Waals surface area contributed by atoms with Gasteiger partial charge in [0.15, 0.2) is 0 Å². The van der Waals surface area contributed by atoms with E-state index in [1.807, 2.05) is 25.3 Å². The minimum Gasteiger partial charge on any atom is -0.495 e. The van der Waals surface area contributed by atoms with Crippen LogP contribution in [-0.2, 0) is 6.54 Å². The van der Waals surface area contributed by atoms with Crippen molar-refractivity contribution >= 4 is 23.3 Å². The summed E-state index contributed by atoms with van der Waals surface area (Å²) in [5.41, 5.74) is 2.75. The number of aryl methyl sites for hydroxylation is 1. The molecular weight excluding hydrogens is 418 g/mol. The number of carbonyl (C=O) groups is 1. The van der Waals surface area contributed by atoms with Crippen LogP contribution in [0.25, 0.3) is 0 Å². The molecule has 0 radical (unpaired) electrons. The van der Waals surface area contributed by atoms with Gasteiger partial charge in [0.25, 0.3) is 0 Å². The molecule has 1 aliphatic heterocycles. The smallest absolute Gasteiger partial charge is 0.321 e. The average molecular weight is 442 g/mol. The van der Waals surface area contributed by atoms with Crippen molar-refractivity contribution in [2.45, 2.75) is 19.4 Å². The summed E-state index contributed by atoms with van der Waals surface area (Å²) >= 11 is 6.20. The number of hydrogen-bond donors (Lipinski definition) is 1. The molecule has 0 saturated carbocycles. The number of nitrogens with zero attached hydrogens (tertiary/aromatic N) is 4. The van der Waals surface area contributed by atoms with Gasteiger partial charge in [0.2, 0.25) is 0 Å². The number of likely N-dealkylation sites (tertiary alicyclic amines) is 1. The zero-order valence-electron chi connectivity index (χ0n) is 17.6. The number of nitrogens with one attached hydrogen (secondary N) is 1. The lowest BCUT2D eigenvalue weighted by Crippen LogP contribution is -2.51. The van der Waals surface area contributed by atoms with E-state index in [0.717, 1.165) is 23.6 Å². The lowest BCUT2D eigenvalue weighted by Gasteiger charge is -2.39. The summed E-state index contributed by atoms with van der Waals surface area (Å²) in [5, 5.41) is 3.27. The van der Waals surface area contributed by atoms with E-state index in [2.05, 4.69) is 19.9 Å². The first kappa shape index (κ1) is 21.0. The molecule has 0 aliphatic carbocycles. The SMILES string of the molecule is COc1cc(OC)c(NC(=O)N2CC(c3ncc(C)n3Cc3ccncc3)C2)cc1Cl. The number of rotatable bonds is 6. The summed E-state index contributed by atoms with van der Waals surface area (Å²) in [6, 6.07) is 7.06. The molecule has 0 bridgehead atoms. The highest BCUT2D eigenvalue weighted by molar-refractivity contribution is 6.32. The Morgan fingerprint density at radius 1 is 1.19 bits per heavy atom. The van der Waals surface area contributed by atoms with Gasteiger partial charge >= 0.3 is 6.03 Å². The molecule has 0 unspecified atom stereocenters. The van der Waals surface area contributed by atoms with E-state index in [0.29, 0.717) is 35.3 Å². The van der Waals surface area contributed by atoms with Crippen LogP contribution in [0.2, 0.25) is 5.02 Å². The number of benzene rings is 1. The highest BCUT2D eigenvalue weighted by atomic mass is 35.5. The fourth-order valence-electron chi connectivity index (χ4n) is 3.64. The summed E-state index contributed by atoms with van der Waals surface area (Å²) in [6.07, 6.45) is 5.45. The molecule has 1 fully saturated rings. The van der Waals surface area contributed by atoms with Crippen molar-refractivity contribution in [3.8, 4) is 11.5 Å². The Bertz CT molecular complexity index is 1080. The van der Waals surface area contributed by atoms with E-state index in [1.54, 1.807) is 29.4 Å². The summed E-state index contributed by atoms with van der Waals surface area (Å²) in [5.74, 6) is 2.14. The molecule has 3 aromatic rings. The van der Waals surface area contributed by atoms with Crippen molar-refractivity contribution < 1.29 is 14.3 Å². The summed E-state index contributed by atoms with van der Waals surface area (Å²) in [7, 11) is 3.06. The first-order valence-corrected chi connectivity index (χ1v) is 10.3. The maximum absolute atomic E-state index is 12.7.